The molecule has 1 amide bonds. The van der Waals surface area contributed by atoms with Crippen molar-refractivity contribution in [2.24, 2.45) is 0 Å². The van der Waals surface area contributed by atoms with Gasteiger partial charge in [-0.3, -0.25) is 4.79 Å². The van der Waals surface area contributed by atoms with Crippen LogP contribution in [0.3, 0.4) is 0 Å². The van der Waals surface area contributed by atoms with Crippen LogP contribution in [0.25, 0.3) is 0 Å². The number of nitrogens with one attached hydrogen (secondary N) is 1. The molecule has 2 N–H and O–H groups in total. The van der Waals surface area contributed by atoms with Crippen molar-refractivity contribution in [1.82, 2.24) is 5.32 Å². The van der Waals surface area contributed by atoms with Crippen LogP contribution in [-0.2, 0) is 4.79 Å². The highest BCUT2D eigenvalue weighted by Crippen LogP contribution is 2.13. The molecule has 92 valence electrons. The average molecular weight is 243 g/mol. The summed E-state index contributed by atoms with van der Waals surface area (Å²) in [5.74, 6) is -4.71. The second kappa shape index (κ2) is 4.48. The highest BCUT2D eigenvalue weighted by molar-refractivity contribution is 5.97. The third kappa shape index (κ3) is 2.77. The minimum atomic E-state index is -1.56. The Balaban J connectivity index is 2.99. The monoisotopic (exact) mass is 243 g/mol. The van der Waals surface area contributed by atoms with Crippen molar-refractivity contribution in [2.75, 3.05) is 0 Å². The van der Waals surface area contributed by atoms with Gasteiger partial charge in [0.2, 0.25) is 0 Å². The number of hydrogen-bond acceptors (Lipinski definition) is 2. The number of hydrogen-bond donors (Lipinski definition) is 2. The minimum Gasteiger partial charge on any atom is -0.480 e. The van der Waals surface area contributed by atoms with Gasteiger partial charge in [0, 0.05) is 0 Å². The maximum Gasteiger partial charge on any atom is 0.328 e. The van der Waals surface area contributed by atoms with Crippen LogP contribution in [0, 0.1) is 11.6 Å². The molecule has 0 bridgehead atoms. The van der Waals surface area contributed by atoms with Crippen molar-refractivity contribution in [3.63, 3.8) is 0 Å². The molecule has 1 aromatic rings. The molecule has 0 aliphatic carbocycles. The van der Waals surface area contributed by atoms with E-state index in [-0.39, 0.29) is 0 Å². The number of carboxylic acids is 1. The molecule has 0 heterocycles. The first kappa shape index (κ1) is 13.1. The van der Waals surface area contributed by atoms with E-state index in [2.05, 4.69) is 5.32 Å². The lowest BCUT2D eigenvalue weighted by Gasteiger charge is -2.21. The van der Waals surface area contributed by atoms with Gasteiger partial charge in [0.25, 0.3) is 5.91 Å². The van der Waals surface area contributed by atoms with Crippen molar-refractivity contribution in [3.05, 3.63) is 35.4 Å². The van der Waals surface area contributed by atoms with Gasteiger partial charge in [-0.1, -0.05) is 6.07 Å². The Labute approximate surface area is 96.3 Å². The highest BCUT2D eigenvalue weighted by Gasteiger charge is 2.30. The Morgan fingerprint density at radius 3 is 2.41 bits per heavy atom. The largest absolute Gasteiger partial charge is 0.480 e. The fraction of sp³-hybridized carbons (Fsp3) is 0.273. The van der Waals surface area contributed by atoms with Crippen LogP contribution in [0.15, 0.2) is 18.2 Å². The zero-order valence-corrected chi connectivity index (χ0v) is 9.25. The van der Waals surface area contributed by atoms with Crippen LogP contribution in [0.5, 0.6) is 0 Å². The molecule has 4 nitrogen and oxygen atoms in total. The zero-order chi connectivity index (χ0) is 13.2. The smallest absolute Gasteiger partial charge is 0.328 e. The van der Waals surface area contributed by atoms with E-state index in [1.807, 2.05) is 0 Å². The Hall–Kier alpha value is -1.98. The van der Waals surface area contributed by atoms with E-state index >= 15 is 0 Å². The summed E-state index contributed by atoms with van der Waals surface area (Å²) in [7, 11) is 0. The summed E-state index contributed by atoms with van der Waals surface area (Å²) in [5, 5.41) is 10.9. The maximum atomic E-state index is 13.2. The minimum absolute atomic E-state index is 0.528. The van der Waals surface area contributed by atoms with Crippen LogP contribution in [0.1, 0.15) is 24.2 Å². The Morgan fingerprint density at radius 2 is 1.88 bits per heavy atom. The second-order valence-corrected chi connectivity index (χ2v) is 3.99. The summed E-state index contributed by atoms with van der Waals surface area (Å²) in [5.41, 5.74) is -2.09. The van der Waals surface area contributed by atoms with Gasteiger partial charge in [0.1, 0.15) is 5.54 Å². The molecule has 0 aliphatic rings. The van der Waals surface area contributed by atoms with E-state index in [1.54, 1.807) is 0 Å². The van der Waals surface area contributed by atoms with Gasteiger partial charge in [-0.05, 0) is 26.0 Å². The van der Waals surface area contributed by atoms with E-state index in [0.717, 1.165) is 12.1 Å². The van der Waals surface area contributed by atoms with E-state index < -0.39 is 34.6 Å². The Bertz CT molecular complexity index is 472. The molecule has 17 heavy (non-hydrogen) atoms. The summed E-state index contributed by atoms with van der Waals surface area (Å²) >= 11 is 0. The SMILES string of the molecule is CC(C)(NC(=O)c1cccc(F)c1F)C(=O)O. The molecule has 0 saturated carbocycles. The molecule has 1 rings (SSSR count). The van der Waals surface area contributed by atoms with Crippen LogP contribution < -0.4 is 5.32 Å². The predicted octanol–water partition coefficient (Wildman–Crippen LogP) is 1.56. The van der Waals surface area contributed by atoms with Crippen LogP contribution >= 0.6 is 0 Å². The molecule has 0 aromatic heterocycles. The van der Waals surface area contributed by atoms with Crippen molar-refractivity contribution < 1.29 is 23.5 Å². The first-order valence-electron chi connectivity index (χ1n) is 4.75. The number of carboxylic acid groups (broad SMARTS) is 1. The second-order valence-electron chi connectivity index (χ2n) is 3.99. The van der Waals surface area contributed by atoms with Gasteiger partial charge >= 0.3 is 5.97 Å². The van der Waals surface area contributed by atoms with Gasteiger partial charge in [-0.15, -0.1) is 0 Å². The molecule has 0 unspecified atom stereocenters. The summed E-state index contributed by atoms with van der Waals surface area (Å²) in [4.78, 5) is 22.3. The molecule has 0 aliphatic heterocycles. The summed E-state index contributed by atoms with van der Waals surface area (Å²) in [6.07, 6.45) is 0. The molecule has 0 fully saturated rings. The number of aliphatic carboxylic acids is 1. The van der Waals surface area contributed by atoms with Crippen LogP contribution in [-0.4, -0.2) is 22.5 Å². The number of rotatable bonds is 3. The molecule has 0 saturated heterocycles. The van der Waals surface area contributed by atoms with Gasteiger partial charge in [-0.2, -0.15) is 0 Å². The van der Waals surface area contributed by atoms with E-state index in [4.69, 9.17) is 5.11 Å². The standard InChI is InChI=1S/C11H11F2NO3/c1-11(2,10(16)17)14-9(15)6-4-3-5-7(12)8(6)13/h3-5H,1-2H3,(H,14,15)(H,16,17). The molecule has 1 aromatic carbocycles. The fourth-order valence-corrected chi connectivity index (χ4v) is 1.08. The molecular formula is C11H11F2NO3. The van der Waals surface area contributed by atoms with Crippen molar-refractivity contribution in [3.8, 4) is 0 Å². The topological polar surface area (TPSA) is 66.4 Å². The van der Waals surface area contributed by atoms with E-state index in [9.17, 15) is 18.4 Å². The van der Waals surface area contributed by atoms with Crippen molar-refractivity contribution in [2.45, 2.75) is 19.4 Å². The highest BCUT2D eigenvalue weighted by atomic mass is 19.2. The lowest BCUT2D eigenvalue weighted by molar-refractivity contribution is -0.143. The quantitative estimate of drug-likeness (QED) is 0.846. The number of halogens is 2. The first-order valence-corrected chi connectivity index (χ1v) is 4.75. The molecule has 6 heteroatoms. The molecular weight excluding hydrogens is 232 g/mol. The van der Waals surface area contributed by atoms with Crippen LogP contribution in [0.2, 0.25) is 0 Å². The molecule has 0 radical (unpaired) electrons. The summed E-state index contributed by atoms with van der Waals surface area (Å²) < 4.78 is 26.1. The van der Waals surface area contributed by atoms with E-state index in [1.165, 1.54) is 19.9 Å². The average Bonchev–Trinajstić information content (AvgIpc) is 2.21. The van der Waals surface area contributed by atoms with Gasteiger partial charge in [0.15, 0.2) is 11.6 Å². The number of carbonyl (C=O) groups excluding carboxylic acids is 1. The van der Waals surface area contributed by atoms with Crippen molar-refractivity contribution >= 4 is 11.9 Å². The number of benzene rings is 1. The first-order chi connectivity index (χ1) is 7.75. The fourth-order valence-electron chi connectivity index (χ4n) is 1.08. The van der Waals surface area contributed by atoms with Crippen molar-refractivity contribution in [1.29, 1.82) is 0 Å². The predicted molar refractivity (Wildman–Crippen MR) is 55.5 cm³/mol. The Morgan fingerprint density at radius 1 is 1.29 bits per heavy atom. The number of carbonyl (C=O) groups is 2. The normalized spacial score (nSPS) is 11.1. The lowest BCUT2D eigenvalue weighted by atomic mass is 10.1. The third-order valence-electron chi connectivity index (χ3n) is 2.16. The maximum absolute atomic E-state index is 13.2. The zero-order valence-electron chi connectivity index (χ0n) is 9.25. The lowest BCUT2D eigenvalue weighted by Crippen LogP contribution is -2.49. The summed E-state index contributed by atoms with van der Waals surface area (Å²) in [6.45, 7) is 2.48. The number of amides is 1. The van der Waals surface area contributed by atoms with E-state index in [0.29, 0.717) is 0 Å². The molecule has 0 spiro atoms. The summed E-state index contributed by atoms with van der Waals surface area (Å²) in [6, 6.07) is 3.11. The molecule has 0 atom stereocenters. The van der Waals surface area contributed by atoms with Gasteiger partial charge < -0.3 is 10.4 Å². The van der Waals surface area contributed by atoms with Gasteiger partial charge in [0.05, 0.1) is 5.56 Å². The van der Waals surface area contributed by atoms with Gasteiger partial charge in [-0.25, -0.2) is 13.6 Å². The Kier molecular flexibility index (Phi) is 3.45. The third-order valence-corrected chi connectivity index (χ3v) is 2.16. The van der Waals surface area contributed by atoms with Crippen LogP contribution in [0.4, 0.5) is 8.78 Å².